The van der Waals surface area contributed by atoms with Gasteiger partial charge in [-0.25, -0.2) is 0 Å². The third-order valence-corrected chi connectivity index (χ3v) is 5.03. The van der Waals surface area contributed by atoms with Crippen molar-refractivity contribution in [1.29, 1.82) is 0 Å². The van der Waals surface area contributed by atoms with Gasteiger partial charge in [0, 0.05) is 15.2 Å². The Labute approximate surface area is 148 Å². The Bertz CT molecular complexity index is 1130. The topological polar surface area (TPSA) is 13.1 Å². The molecular weight excluding hydrogens is 342 g/mol. The van der Waals surface area contributed by atoms with E-state index in [-0.39, 0.29) is 0 Å². The van der Waals surface area contributed by atoms with Crippen LogP contribution in [-0.2, 0) is 0 Å². The van der Waals surface area contributed by atoms with Crippen molar-refractivity contribution in [1.82, 2.24) is 0 Å². The molecule has 96 valence electrons. The van der Waals surface area contributed by atoms with E-state index >= 15 is 0 Å². The maximum absolute atomic E-state index is 6.26. The number of rotatable bonds is 0. The van der Waals surface area contributed by atoms with Gasteiger partial charge >= 0.3 is 0 Å². The van der Waals surface area contributed by atoms with E-state index in [4.69, 9.17) is 43.6 Å². The van der Waals surface area contributed by atoms with Crippen LogP contribution in [-0.4, -0.2) is 39.2 Å². The van der Waals surface area contributed by atoms with E-state index in [2.05, 4.69) is 15.9 Å². The van der Waals surface area contributed by atoms with Gasteiger partial charge in [0.05, 0.1) is 0 Å². The number of hydrogen-bond donors (Lipinski definition) is 0. The van der Waals surface area contributed by atoms with Crippen LogP contribution < -0.4 is 27.3 Å². The molecule has 23 heavy (non-hydrogen) atoms. The van der Waals surface area contributed by atoms with Gasteiger partial charge in [-0.2, -0.15) is 0 Å². The van der Waals surface area contributed by atoms with E-state index in [0.29, 0.717) is 53.7 Å². The minimum absolute atomic E-state index is 0.306. The molecule has 7 heteroatoms. The van der Waals surface area contributed by atoms with Gasteiger partial charge in [0.15, 0.2) is 0 Å². The molecule has 0 aliphatic rings. The summed E-state index contributed by atoms with van der Waals surface area (Å²) in [5.41, 5.74) is 2.92. The van der Waals surface area contributed by atoms with Crippen LogP contribution in [0.5, 0.6) is 0 Å². The van der Waals surface area contributed by atoms with Gasteiger partial charge in [0.1, 0.15) is 50.4 Å². The molecule has 0 saturated carbocycles. The molecule has 10 radical (unpaired) electrons. The molecule has 1 nitrogen and oxygen atoms in total. The fourth-order valence-corrected chi connectivity index (χ4v) is 3.66. The highest BCUT2D eigenvalue weighted by Crippen LogP contribution is 2.33. The van der Waals surface area contributed by atoms with Crippen LogP contribution in [0.3, 0.4) is 0 Å². The van der Waals surface area contributed by atoms with Gasteiger partial charge in [-0.15, -0.1) is 5.46 Å². The first-order valence-corrected chi connectivity index (χ1v) is 7.66. The fraction of sp³-hybridized carbons (Fsp3) is 0. The molecule has 0 spiro atoms. The molecule has 1 aromatic heterocycles. The Morgan fingerprint density at radius 2 is 1.35 bits per heavy atom. The molecule has 4 aromatic rings. The molecular formula is C16H4B5BrO. The zero-order valence-corrected chi connectivity index (χ0v) is 13.6. The first kappa shape index (κ1) is 15.1. The third kappa shape index (κ3) is 1.86. The van der Waals surface area contributed by atoms with Crippen LogP contribution in [0.25, 0.3) is 32.7 Å². The van der Waals surface area contributed by atoms with E-state index in [1.54, 1.807) is 0 Å². The van der Waals surface area contributed by atoms with Crippen molar-refractivity contribution in [2.45, 2.75) is 0 Å². The summed E-state index contributed by atoms with van der Waals surface area (Å²) in [6.07, 6.45) is 0. The molecule has 0 aliphatic carbocycles. The largest absolute Gasteiger partial charge is 0.457 e. The predicted octanol–water partition coefficient (Wildman–Crippen LogP) is -0.529. The van der Waals surface area contributed by atoms with Crippen LogP contribution in [0.1, 0.15) is 0 Å². The SMILES string of the molecule is [B]c1c([B])c([B])c2c(c([B])c([B])c3oc4ccccc4c32)c1Br. The van der Waals surface area contributed by atoms with Crippen molar-refractivity contribution < 1.29 is 4.42 Å². The molecule has 3 aromatic carbocycles. The van der Waals surface area contributed by atoms with Crippen LogP contribution in [0.2, 0.25) is 0 Å². The van der Waals surface area contributed by atoms with Gasteiger partial charge in [-0.05, 0) is 16.8 Å². The first-order chi connectivity index (χ1) is 10.9. The molecule has 0 N–H and O–H groups in total. The summed E-state index contributed by atoms with van der Waals surface area (Å²) in [4.78, 5) is 0. The highest BCUT2D eigenvalue weighted by Gasteiger charge is 2.19. The number of furan rings is 1. The second-order valence-corrected chi connectivity index (χ2v) is 6.23. The highest BCUT2D eigenvalue weighted by molar-refractivity contribution is 9.10. The molecule has 0 unspecified atom stereocenters. The van der Waals surface area contributed by atoms with Gasteiger partial charge < -0.3 is 4.42 Å². The van der Waals surface area contributed by atoms with Crippen molar-refractivity contribution in [2.24, 2.45) is 0 Å². The summed E-state index contributed by atoms with van der Waals surface area (Å²) in [5, 5.41) is 3.01. The maximum atomic E-state index is 6.26. The summed E-state index contributed by atoms with van der Waals surface area (Å²) in [7, 11) is 30.8. The quantitative estimate of drug-likeness (QED) is 0.390. The Balaban J connectivity index is 2.47. The number of hydrogen-bond acceptors (Lipinski definition) is 1. The zero-order chi connectivity index (χ0) is 16.5. The summed E-state index contributed by atoms with van der Waals surface area (Å²) in [6, 6.07) is 7.61. The van der Waals surface area contributed by atoms with Crippen molar-refractivity contribution in [3.05, 3.63) is 28.7 Å². The summed E-state index contributed by atoms with van der Waals surface area (Å²) >= 11 is 3.46. The van der Waals surface area contributed by atoms with Gasteiger partial charge in [-0.3, -0.25) is 0 Å². The molecule has 4 rings (SSSR count). The summed E-state index contributed by atoms with van der Waals surface area (Å²) < 4.78 is 6.47. The van der Waals surface area contributed by atoms with Crippen molar-refractivity contribution in [3.63, 3.8) is 0 Å². The Hall–Kier alpha value is -1.48. The zero-order valence-electron chi connectivity index (χ0n) is 12.0. The highest BCUT2D eigenvalue weighted by atomic mass is 79.9. The van der Waals surface area contributed by atoms with E-state index < -0.39 is 0 Å². The van der Waals surface area contributed by atoms with Gasteiger partial charge in [-0.1, -0.05) is 56.0 Å². The van der Waals surface area contributed by atoms with Crippen LogP contribution in [0, 0.1) is 0 Å². The molecule has 0 fully saturated rings. The Kier molecular flexibility index (Phi) is 3.28. The van der Waals surface area contributed by atoms with Crippen LogP contribution in [0.4, 0.5) is 0 Å². The van der Waals surface area contributed by atoms with E-state index in [1.165, 1.54) is 0 Å². The molecule has 1 heterocycles. The molecule has 0 amide bonds. The van der Waals surface area contributed by atoms with E-state index in [0.717, 1.165) is 10.8 Å². The number of halogens is 1. The van der Waals surface area contributed by atoms with Gasteiger partial charge in [0.2, 0.25) is 0 Å². The number of fused-ring (bicyclic) bond motifs is 5. The lowest BCUT2D eigenvalue weighted by atomic mass is 9.66. The van der Waals surface area contributed by atoms with Crippen LogP contribution in [0.15, 0.2) is 33.2 Å². The third-order valence-electron chi connectivity index (χ3n) is 4.21. The van der Waals surface area contributed by atoms with Gasteiger partial charge in [0.25, 0.3) is 0 Å². The lowest BCUT2D eigenvalue weighted by molar-refractivity contribution is 0.672. The summed E-state index contributed by atoms with van der Waals surface area (Å²) in [6.45, 7) is 0. The standard InChI is InChI=1S/C16H4B5BrO/c17-10-8-7-5-3-1-2-4-6(5)23-16(7)14(21)11(18)9(8)15(22)13(20)12(10)19/h1-4H. The lowest BCUT2D eigenvalue weighted by Crippen LogP contribution is -2.42. The van der Waals surface area contributed by atoms with Crippen molar-refractivity contribution in [2.75, 3.05) is 0 Å². The summed E-state index contributed by atoms with van der Waals surface area (Å²) in [5.74, 6) is 0. The Morgan fingerprint density at radius 1 is 0.696 bits per heavy atom. The smallest absolute Gasteiger partial charge is 0.135 e. The van der Waals surface area contributed by atoms with Crippen molar-refractivity contribution >= 4 is 115 Å². The number of para-hydroxylation sites is 1. The first-order valence-electron chi connectivity index (χ1n) is 6.87. The monoisotopic (exact) mass is 346 g/mol. The lowest BCUT2D eigenvalue weighted by Gasteiger charge is -2.19. The predicted molar refractivity (Wildman–Crippen MR) is 106 cm³/mol. The molecule has 0 atom stereocenters. The van der Waals surface area contributed by atoms with Crippen molar-refractivity contribution in [3.8, 4) is 0 Å². The van der Waals surface area contributed by atoms with E-state index in [1.807, 2.05) is 24.3 Å². The van der Waals surface area contributed by atoms with Crippen LogP contribution >= 0.6 is 15.9 Å². The minimum Gasteiger partial charge on any atom is -0.457 e. The number of benzene rings is 3. The average Bonchev–Trinajstić information content (AvgIpc) is 2.93. The molecule has 0 bridgehead atoms. The second-order valence-electron chi connectivity index (χ2n) is 5.43. The fourth-order valence-electron chi connectivity index (χ4n) is 3.03. The Morgan fingerprint density at radius 3 is 2.09 bits per heavy atom. The minimum atomic E-state index is 0.306. The molecule has 0 aliphatic heterocycles. The normalized spacial score (nSPS) is 11.7. The van der Waals surface area contributed by atoms with E-state index in [9.17, 15) is 0 Å². The second kappa shape index (κ2) is 5.01. The molecule has 0 saturated heterocycles. The average molecular weight is 346 g/mol. The maximum Gasteiger partial charge on any atom is 0.135 e.